The number of carbonyl (C=O) groups is 1. The molecule has 0 saturated heterocycles. The minimum absolute atomic E-state index is 0.0476. The van der Waals surface area contributed by atoms with Crippen LogP contribution in [0.4, 0.5) is 10.5 Å². The van der Waals surface area contributed by atoms with Gasteiger partial charge in [0.05, 0.1) is 18.6 Å². The van der Waals surface area contributed by atoms with E-state index in [0.717, 1.165) is 0 Å². The van der Waals surface area contributed by atoms with Crippen LogP contribution in [-0.4, -0.2) is 28.2 Å². The first-order chi connectivity index (χ1) is 8.49. The Morgan fingerprint density at radius 2 is 1.89 bits per heavy atom. The van der Waals surface area contributed by atoms with Crippen LogP contribution in [-0.2, 0) is 19.0 Å². The lowest BCUT2D eigenvalue weighted by atomic mass is 10.3. The molecule has 1 N–H and O–H groups in total. The van der Waals surface area contributed by atoms with E-state index in [1.165, 1.54) is 31.4 Å². The molecule has 0 spiro atoms. The van der Waals surface area contributed by atoms with Crippen LogP contribution in [0.25, 0.3) is 0 Å². The Bertz CT molecular complexity index is 495. The van der Waals surface area contributed by atoms with E-state index in [-0.39, 0.29) is 11.5 Å². The van der Waals surface area contributed by atoms with Gasteiger partial charge in [-0.05, 0) is 30.7 Å². The van der Waals surface area contributed by atoms with Gasteiger partial charge in [0.15, 0.2) is 0 Å². The molecule has 0 aliphatic rings. The molecule has 0 unspecified atom stereocenters. The van der Waals surface area contributed by atoms with E-state index in [2.05, 4.69) is 10.1 Å². The van der Waals surface area contributed by atoms with Crippen LogP contribution in [0, 0.1) is 0 Å². The average molecular weight is 273 g/mol. The SMILES string of the molecule is CCCOS(=O)(=O)c1ccc(NC(=O)OC)cc1. The van der Waals surface area contributed by atoms with E-state index < -0.39 is 16.2 Å². The van der Waals surface area contributed by atoms with Gasteiger partial charge in [0.2, 0.25) is 0 Å². The number of carbonyl (C=O) groups excluding carboxylic acids is 1. The summed E-state index contributed by atoms with van der Waals surface area (Å²) in [5, 5.41) is 2.42. The molecule has 0 atom stereocenters. The van der Waals surface area contributed by atoms with E-state index >= 15 is 0 Å². The van der Waals surface area contributed by atoms with Crippen LogP contribution in [0.15, 0.2) is 29.2 Å². The molecule has 0 aliphatic heterocycles. The lowest BCUT2D eigenvalue weighted by Gasteiger charge is -2.06. The van der Waals surface area contributed by atoms with Crippen molar-refractivity contribution in [3.63, 3.8) is 0 Å². The molecule has 0 aromatic heterocycles. The van der Waals surface area contributed by atoms with E-state index in [9.17, 15) is 13.2 Å². The largest absolute Gasteiger partial charge is 0.453 e. The highest BCUT2D eigenvalue weighted by Crippen LogP contribution is 2.16. The van der Waals surface area contributed by atoms with Crippen molar-refractivity contribution in [1.29, 1.82) is 0 Å². The first-order valence-electron chi connectivity index (χ1n) is 5.34. The third kappa shape index (κ3) is 4.01. The standard InChI is InChI=1S/C11H15NO5S/c1-3-8-17-18(14,15)10-6-4-9(5-7-10)12-11(13)16-2/h4-7H,3,8H2,1-2H3,(H,12,13). The zero-order valence-electron chi connectivity index (χ0n) is 10.2. The van der Waals surface area contributed by atoms with Crippen LogP contribution >= 0.6 is 0 Å². The highest BCUT2D eigenvalue weighted by Gasteiger charge is 2.14. The molecule has 0 saturated carbocycles. The average Bonchev–Trinajstić information content (AvgIpc) is 2.37. The maximum atomic E-state index is 11.6. The molecule has 0 radical (unpaired) electrons. The molecule has 0 fully saturated rings. The maximum absolute atomic E-state index is 11.6. The summed E-state index contributed by atoms with van der Waals surface area (Å²) in [6, 6.07) is 5.63. The fourth-order valence-corrected chi connectivity index (χ4v) is 2.13. The van der Waals surface area contributed by atoms with Crippen LogP contribution < -0.4 is 5.32 Å². The Balaban J connectivity index is 2.79. The van der Waals surface area contributed by atoms with E-state index in [1.807, 2.05) is 6.92 Å². The second-order valence-electron chi connectivity index (χ2n) is 3.42. The molecule has 100 valence electrons. The van der Waals surface area contributed by atoms with Gasteiger partial charge in [0.25, 0.3) is 10.1 Å². The summed E-state index contributed by atoms with van der Waals surface area (Å²) in [6.07, 6.45) is -0.00543. The summed E-state index contributed by atoms with van der Waals surface area (Å²) in [6.45, 7) is 1.96. The first kappa shape index (κ1) is 14.5. The predicted molar refractivity (Wildman–Crippen MR) is 65.9 cm³/mol. The molecule has 1 aromatic rings. The summed E-state index contributed by atoms with van der Waals surface area (Å²) >= 11 is 0. The Hall–Kier alpha value is -1.60. The first-order valence-corrected chi connectivity index (χ1v) is 6.75. The fourth-order valence-electron chi connectivity index (χ4n) is 1.13. The molecule has 7 heteroatoms. The Morgan fingerprint density at radius 3 is 2.39 bits per heavy atom. The minimum Gasteiger partial charge on any atom is -0.453 e. The van der Waals surface area contributed by atoms with E-state index in [0.29, 0.717) is 12.1 Å². The Morgan fingerprint density at radius 1 is 1.28 bits per heavy atom. The van der Waals surface area contributed by atoms with Gasteiger partial charge in [0, 0.05) is 5.69 Å². The molecule has 0 heterocycles. The van der Waals surface area contributed by atoms with Gasteiger partial charge in [-0.2, -0.15) is 8.42 Å². The van der Waals surface area contributed by atoms with Gasteiger partial charge < -0.3 is 4.74 Å². The molecule has 1 rings (SSSR count). The Labute approximate surface area is 106 Å². The number of methoxy groups -OCH3 is 1. The number of hydrogen-bond acceptors (Lipinski definition) is 5. The molecule has 1 amide bonds. The van der Waals surface area contributed by atoms with Gasteiger partial charge in [-0.1, -0.05) is 6.92 Å². The second-order valence-corrected chi connectivity index (χ2v) is 5.03. The smallest absolute Gasteiger partial charge is 0.411 e. The number of rotatable bonds is 5. The topological polar surface area (TPSA) is 81.7 Å². The summed E-state index contributed by atoms with van der Waals surface area (Å²) < 4.78 is 32.5. The molecule has 18 heavy (non-hydrogen) atoms. The van der Waals surface area contributed by atoms with Crippen molar-refractivity contribution in [2.24, 2.45) is 0 Å². The molecular weight excluding hydrogens is 258 g/mol. The lowest BCUT2D eigenvalue weighted by molar-refractivity contribution is 0.187. The van der Waals surface area contributed by atoms with Gasteiger partial charge in [0.1, 0.15) is 0 Å². The minimum atomic E-state index is -3.72. The maximum Gasteiger partial charge on any atom is 0.411 e. The summed E-state index contributed by atoms with van der Waals surface area (Å²) in [5.74, 6) is 0. The number of hydrogen-bond donors (Lipinski definition) is 1. The highest BCUT2D eigenvalue weighted by atomic mass is 32.2. The van der Waals surface area contributed by atoms with Crippen LogP contribution in [0.2, 0.25) is 0 Å². The number of amides is 1. The van der Waals surface area contributed by atoms with E-state index in [1.54, 1.807) is 0 Å². The van der Waals surface area contributed by atoms with Crippen molar-refractivity contribution < 1.29 is 22.1 Å². The zero-order chi connectivity index (χ0) is 13.6. The quantitative estimate of drug-likeness (QED) is 0.829. The van der Waals surface area contributed by atoms with Crippen molar-refractivity contribution in [2.45, 2.75) is 18.2 Å². The highest BCUT2D eigenvalue weighted by molar-refractivity contribution is 7.86. The third-order valence-electron chi connectivity index (χ3n) is 2.02. The van der Waals surface area contributed by atoms with Crippen LogP contribution in [0.1, 0.15) is 13.3 Å². The van der Waals surface area contributed by atoms with Crippen molar-refractivity contribution in [3.8, 4) is 0 Å². The molecule has 1 aromatic carbocycles. The molecule has 0 bridgehead atoms. The Kier molecular flexibility index (Phi) is 5.11. The number of nitrogens with one attached hydrogen (secondary N) is 1. The molecule has 6 nitrogen and oxygen atoms in total. The van der Waals surface area contributed by atoms with Crippen molar-refractivity contribution in [3.05, 3.63) is 24.3 Å². The van der Waals surface area contributed by atoms with Gasteiger partial charge in [-0.25, -0.2) is 4.79 Å². The normalized spacial score (nSPS) is 11.0. The number of anilines is 1. The number of ether oxygens (including phenoxy) is 1. The third-order valence-corrected chi connectivity index (χ3v) is 3.34. The molecular formula is C11H15NO5S. The van der Waals surface area contributed by atoms with E-state index in [4.69, 9.17) is 4.18 Å². The van der Waals surface area contributed by atoms with Crippen molar-refractivity contribution in [2.75, 3.05) is 19.0 Å². The number of benzene rings is 1. The molecule has 0 aliphatic carbocycles. The lowest BCUT2D eigenvalue weighted by Crippen LogP contribution is -2.11. The van der Waals surface area contributed by atoms with Gasteiger partial charge in [-0.3, -0.25) is 9.50 Å². The predicted octanol–water partition coefficient (Wildman–Crippen LogP) is 1.98. The summed E-state index contributed by atoms with van der Waals surface area (Å²) in [5.41, 5.74) is 0.441. The monoisotopic (exact) mass is 273 g/mol. The summed E-state index contributed by atoms with van der Waals surface area (Å²) in [4.78, 5) is 11.0. The van der Waals surface area contributed by atoms with Crippen LogP contribution in [0.3, 0.4) is 0 Å². The van der Waals surface area contributed by atoms with Crippen molar-refractivity contribution >= 4 is 21.9 Å². The van der Waals surface area contributed by atoms with Crippen molar-refractivity contribution in [1.82, 2.24) is 0 Å². The van der Waals surface area contributed by atoms with Gasteiger partial charge in [-0.15, -0.1) is 0 Å². The zero-order valence-corrected chi connectivity index (χ0v) is 11.0. The second kappa shape index (κ2) is 6.36. The fraction of sp³-hybridized carbons (Fsp3) is 0.364. The van der Waals surface area contributed by atoms with Crippen LogP contribution in [0.5, 0.6) is 0 Å². The summed E-state index contributed by atoms with van der Waals surface area (Å²) in [7, 11) is -2.47. The van der Waals surface area contributed by atoms with Gasteiger partial charge >= 0.3 is 6.09 Å².